The van der Waals surface area contributed by atoms with Crippen molar-refractivity contribution in [2.45, 2.75) is 31.5 Å². The lowest BCUT2D eigenvalue weighted by Gasteiger charge is -2.39. The van der Waals surface area contributed by atoms with Crippen molar-refractivity contribution in [3.8, 4) is 5.75 Å². The Morgan fingerprint density at radius 2 is 2.00 bits per heavy atom. The van der Waals surface area contributed by atoms with Crippen LogP contribution < -0.4 is 10.1 Å². The topological polar surface area (TPSA) is 41.6 Å². The SMILES string of the molecule is O=C(NC1CC1)c1ccccc1OC1CN(Cc2ccc(F)cc2Cl)C1. The minimum atomic E-state index is -0.329. The molecule has 6 heteroatoms. The Morgan fingerprint density at radius 1 is 1.23 bits per heavy atom. The van der Waals surface area contributed by atoms with Gasteiger partial charge >= 0.3 is 0 Å². The maximum atomic E-state index is 13.1. The van der Waals surface area contributed by atoms with Crippen molar-refractivity contribution in [1.82, 2.24) is 10.2 Å². The van der Waals surface area contributed by atoms with Crippen molar-refractivity contribution < 1.29 is 13.9 Å². The van der Waals surface area contributed by atoms with Crippen molar-refractivity contribution >= 4 is 17.5 Å². The average Bonchev–Trinajstić information content (AvgIpc) is 3.39. The lowest BCUT2D eigenvalue weighted by Crippen LogP contribution is -2.53. The van der Waals surface area contributed by atoms with Gasteiger partial charge in [0.2, 0.25) is 0 Å². The van der Waals surface area contributed by atoms with Crippen LogP contribution in [0.4, 0.5) is 4.39 Å². The van der Waals surface area contributed by atoms with Gasteiger partial charge in [0.15, 0.2) is 0 Å². The summed E-state index contributed by atoms with van der Waals surface area (Å²) in [6.07, 6.45) is 2.14. The van der Waals surface area contributed by atoms with Gasteiger partial charge in [0, 0.05) is 30.7 Å². The molecule has 0 radical (unpaired) electrons. The molecular weight excluding hydrogens is 355 g/mol. The highest BCUT2D eigenvalue weighted by atomic mass is 35.5. The van der Waals surface area contributed by atoms with Gasteiger partial charge in [0.05, 0.1) is 5.56 Å². The van der Waals surface area contributed by atoms with Gasteiger partial charge in [0.25, 0.3) is 5.91 Å². The number of carbonyl (C=O) groups is 1. The lowest BCUT2D eigenvalue weighted by atomic mass is 10.1. The second kappa shape index (κ2) is 7.25. The van der Waals surface area contributed by atoms with Crippen LogP contribution in [0.3, 0.4) is 0 Å². The number of ether oxygens (including phenoxy) is 1. The fourth-order valence-electron chi connectivity index (χ4n) is 3.04. The second-order valence-electron chi connectivity index (χ2n) is 6.91. The van der Waals surface area contributed by atoms with Crippen molar-refractivity contribution in [3.05, 3.63) is 64.4 Å². The van der Waals surface area contributed by atoms with E-state index in [-0.39, 0.29) is 17.8 Å². The summed E-state index contributed by atoms with van der Waals surface area (Å²) in [5, 5.41) is 3.44. The molecule has 1 saturated carbocycles. The zero-order chi connectivity index (χ0) is 18.1. The highest BCUT2D eigenvalue weighted by Crippen LogP contribution is 2.26. The molecule has 136 valence electrons. The highest BCUT2D eigenvalue weighted by molar-refractivity contribution is 6.31. The predicted octanol–water partition coefficient (Wildman–Crippen LogP) is 3.63. The minimum absolute atomic E-state index is 0.0316. The van der Waals surface area contributed by atoms with E-state index < -0.39 is 0 Å². The van der Waals surface area contributed by atoms with E-state index in [0.29, 0.717) is 28.9 Å². The molecule has 1 amide bonds. The number of rotatable bonds is 6. The van der Waals surface area contributed by atoms with Crippen molar-refractivity contribution in [1.29, 1.82) is 0 Å². The van der Waals surface area contributed by atoms with Crippen LogP contribution in [0.5, 0.6) is 5.75 Å². The molecule has 2 fully saturated rings. The van der Waals surface area contributed by atoms with E-state index in [2.05, 4.69) is 10.2 Å². The maximum Gasteiger partial charge on any atom is 0.255 e. The molecule has 26 heavy (non-hydrogen) atoms. The summed E-state index contributed by atoms with van der Waals surface area (Å²) in [6, 6.07) is 12.1. The van der Waals surface area contributed by atoms with Gasteiger partial charge in [-0.1, -0.05) is 29.8 Å². The van der Waals surface area contributed by atoms with E-state index in [1.54, 1.807) is 12.1 Å². The van der Waals surface area contributed by atoms with E-state index in [1.165, 1.54) is 12.1 Å². The average molecular weight is 375 g/mol. The minimum Gasteiger partial charge on any atom is -0.487 e. The molecule has 0 bridgehead atoms. The number of nitrogens with one attached hydrogen (secondary N) is 1. The first kappa shape index (κ1) is 17.3. The molecule has 2 aromatic rings. The molecular formula is C20H20ClFN2O2. The standard InChI is InChI=1S/C20H20ClFN2O2/c21-18-9-14(22)6-5-13(18)10-24-11-16(12-24)26-19-4-2-1-3-17(19)20(25)23-15-7-8-15/h1-6,9,15-16H,7-8,10-12H2,(H,23,25). The van der Waals surface area contributed by atoms with E-state index in [4.69, 9.17) is 16.3 Å². The van der Waals surface area contributed by atoms with E-state index in [0.717, 1.165) is 31.5 Å². The summed E-state index contributed by atoms with van der Waals surface area (Å²) < 4.78 is 19.1. The molecule has 1 N–H and O–H groups in total. The van der Waals surface area contributed by atoms with Gasteiger partial charge in [-0.05, 0) is 42.7 Å². The lowest BCUT2D eigenvalue weighted by molar-refractivity contribution is 0.0141. The van der Waals surface area contributed by atoms with Crippen molar-refractivity contribution in [2.75, 3.05) is 13.1 Å². The summed E-state index contributed by atoms with van der Waals surface area (Å²) in [5.74, 6) is 0.220. The van der Waals surface area contributed by atoms with Gasteiger partial charge in [-0.15, -0.1) is 0 Å². The number of likely N-dealkylation sites (tertiary alicyclic amines) is 1. The number of halogens is 2. The van der Waals surface area contributed by atoms with Crippen LogP contribution in [0.25, 0.3) is 0 Å². The number of para-hydroxylation sites is 1. The first-order valence-electron chi connectivity index (χ1n) is 8.81. The molecule has 0 atom stereocenters. The van der Waals surface area contributed by atoms with E-state index in [9.17, 15) is 9.18 Å². The number of benzene rings is 2. The molecule has 0 spiro atoms. The van der Waals surface area contributed by atoms with Crippen LogP contribution in [0.1, 0.15) is 28.8 Å². The zero-order valence-corrected chi connectivity index (χ0v) is 15.0. The first-order chi connectivity index (χ1) is 12.6. The smallest absolute Gasteiger partial charge is 0.255 e. The summed E-state index contributed by atoms with van der Waals surface area (Å²) in [5.41, 5.74) is 1.48. The summed E-state index contributed by atoms with van der Waals surface area (Å²) in [6.45, 7) is 2.14. The molecule has 4 rings (SSSR count). The monoisotopic (exact) mass is 374 g/mol. The van der Waals surface area contributed by atoms with E-state index in [1.807, 2.05) is 18.2 Å². The zero-order valence-electron chi connectivity index (χ0n) is 14.3. The number of carbonyl (C=O) groups excluding carboxylic acids is 1. The molecule has 1 aliphatic heterocycles. The third-order valence-electron chi connectivity index (χ3n) is 4.67. The fraction of sp³-hybridized carbons (Fsp3) is 0.350. The maximum absolute atomic E-state index is 13.1. The Kier molecular flexibility index (Phi) is 4.83. The number of hydrogen-bond acceptors (Lipinski definition) is 3. The Bertz CT molecular complexity index is 819. The summed E-state index contributed by atoms with van der Waals surface area (Å²) in [7, 11) is 0. The number of amides is 1. The van der Waals surface area contributed by atoms with Crippen LogP contribution in [0, 0.1) is 5.82 Å². The van der Waals surface area contributed by atoms with Gasteiger partial charge < -0.3 is 10.1 Å². The first-order valence-corrected chi connectivity index (χ1v) is 9.19. The highest BCUT2D eigenvalue weighted by Gasteiger charge is 2.30. The number of nitrogens with zero attached hydrogens (tertiary/aromatic N) is 1. The second-order valence-corrected chi connectivity index (χ2v) is 7.32. The summed E-state index contributed by atoms with van der Waals surface area (Å²) >= 11 is 6.08. The molecule has 1 heterocycles. The van der Waals surface area contributed by atoms with Gasteiger partial charge in [-0.3, -0.25) is 9.69 Å². The molecule has 2 aliphatic rings. The van der Waals surface area contributed by atoms with Crippen LogP contribution in [-0.4, -0.2) is 36.0 Å². The van der Waals surface area contributed by atoms with Crippen LogP contribution >= 0.6 is 11.6 Å². The molecule has 0 aromatic heterocycles. The Labute approximate surface area is 156 Å². The quantitative estimate of drug-likeness (QED) is 0.839. The molecule has 0 unspecified atom stereocenters. The Morgan fingerprint density at radius 3 is 2.73 bits per heavy atom. The Balaban J connectivity index is 1.33. The Hall–Kier alpha value is -2.11. The van der Waals surface area contributed by atoms with Crippen LogP contribution in [0.2, 0.25) is 5.02 Å². The van der Waals surface area contributed by atoms with E-state index >= 15 is 0 Å². The molecule has 1 saturated heterocycles. The van der Waals surface area contributed by atoms with Gasteiger partial charge in [-0.25, -0.2) is 4.39 Å². The largest absolute Gasteiger partial charge is 0.487 e. The molecule has 1 aliphatic carbocycles. The van der Waals surface area contributed by atoms with Crippen molar-refractivity contribution in [3.63, 3.8) is 0 Å². The summed E-state index contributed by atoms with van der Waals surface area (Å²) in [4.78, 5) is 14.5. The number of hydrogen-bond donors (Lipinski definition) is 1. The van der Waals surface area contributed by atoms with Gasteiger partial charge in [0.1, 0.15) is 17.7 Å². The third-order valence-corrected chi connectivity index (χ3v) is 5.02. The van der Waals surface area contributed by atoms with Crippen LogP contribution in [0.15, 0.2) is 42.5 Å². The van der Waals surface area contributed by atoms with Gasteiger partial charge in [-0.2, -0.15) is 0 Å². The molecule has 4 nitrogen and oxygen atoms in total. The van der Waals surface area contributed by atoms with Crippen LogP contribution in [-0.2, 0) is 6.54 Å². The fourth-order valence-corrected chi connectivity index (χ4v) is 3.27. The van der Waals surface area contributed by atoms with Crippen molar-refractivity contribution in [2.24, 2.45) is 0 Å². The predicted molar refractivity (Wildman–Crippen MR) is 98.0 cm³/mol. The normalized spacial score (nSPS) is 17.6. The third kappa shape index (κ3) is 4.00. The molecule has 2 aromatic carbocycles.